The van der Waals surface area contributed by atoms with Crippen molar-refractivity contribution in [2.45, 2.75) is 19.3 Å². The standard InChI is InChI=1S/C14H21N3O3/c1-17(2)12-8-6-11(7-9-12)16-14(20)15-10-4-3-5-13(18)19/h6-9H,3-5,10H2,1-2H3,(H,18,19)(H2,15,16,20). The molecule has 0 aromatic heterocycles. The van der Waals surface area contributed by atoms with Gasteiger partial charge in [-0.1, -0.05) is 0 Å². The van der Waals surface area contributed by atoms with E-state index in [0.29, 0.717) is 19.4 Å². The van der Waals surface area contributed by atoms with Crippen molar-refractivity contribution in [2.75, 3.05) is 30.9 Å². The Morgan fingerprint density at radius 2 is 1.80 bits per heavy atom. The molecule has 0 aliphatic heterocycles. The van der Waals surface area contributed by atoms with Gasteiger partial charge in [-0.2, -0.15) is 0 Å². The van der Waals surface area contributed by atoms with Gasteiger partial charge in [0.05, 0.1) is 0 Å². The molecule has 2 amide bonds. The van der Waals surface area contributed by atoms with E-state index in [0.717, 1.165) is 11.4 Å². The van der Waals surface area contributed by atoms with Gasteiger partial charge in [0.2, 0.25) is 0 Å². The largest absolute Gasteiger partial charge is 0.481 e. The first-order valence-corrected chi connectivity index (χ1v) is 6.53. The van der Waals surface area contributed by atoms with Crippen LogP contribution in [0.25, 0.3) is 0 Å². The molecule has 0 atom stereocenters. The molecular formula is C14H21N3O3. The van der Waals surface area contributed by atoms with Crippen molar-refractivity contribution in [1.29, 1.82) is 0 Å². The predicted octanol–water partition coefficient (Wildman–Crippen LogP) is 2.13. The van der Waals surface area contributed by atoms with Crippen LogP contribution in [0.3, 0.4) is 0 Å². The maximum Gasteiger partial charge on any atom is 0.319 e. The summed E-state index contributed by atoms with van der Waals surface area (Å²) in [6.45, 7) is 0.467. The summed E-state index contributed by atoms with van der Waals surface area (Å²) in [5, 5.41) is 13.9. The van der Waals surface area contributed by atoms with Crippen LogP contribution in [0.1, 0.15) is 19.3 Å². The lowest BCUT2D eigenvalue weighted by Gasteiger charge is -2.13. The Labute approximate surface area is 118 Å². The maximum absolute atomic E-state index is 11.6. The highest BCUT2D eigenvalue weighted by atomic mass is 16.4. The molecule has 0 saturated heterocycles. The van der Waals surface area contributed by atoms with Gasteiger partial charge in [-0.3, -0.25) is 4.79 Å². The van der Waals surface area contributed by atoms with Crippen molar-refractivity contribution < 1.29 is 14.7 Å². The molecule has 0 fully saturated rings. The minimum Gasteiger partial charge on any atom is -0.481 e. The number of aliphatic carboxylic acids is 1. The fraction of sp³-hybridized carbons (Fsp3) is 0.429. The fourth-order valence-electron chi connectivity index (χ4n) is 1.62. The molecule has 6 heteroatoms. The fourth-order valence-corrected chi connectivity index (χ4v) is 1.62. The number of carbonyl (C=O) groups excluding carboxylic acids is 1. The number of rotatable bonds is 7. The number of anilines is 2. The number of benzene rings is 1. The summed E-state index contributed by atoms with van der Waals surface area (Å²) in [5.74, 6) is -0.810. The summed E-state index contributed by atoms with van der Waals surface area (Å²) < 4.78 is 0. The quantitative estimate of drug-likeness (QED) is 0.668. The van der Waals surface area contributed by atoms with Crippen molar-refractivity contribution in [2.24, 2.45) is 0 Å². The molecule has 1 aromatic carbocycles. The number of carboxylic acids is 1. The molecule has 6 nitrogen and oxygen atoms in total. The van der Waals surface area contributed by atoms with E-state index in [9.17, 15) is 9.59 Å². The van der Waals surface area contributed by atoms with Gasteiger partial charge in [-0.25, -0.2) is 4.79 Å². The number of urea groups is 1. The van der Waals surface area contributed by atoms with Gasteiger partial charge in [0.1, 0.15) is 0 Å². The van der Waals surface area contributed by atoms with Crippen molar-refractivity contribution >= 4 is 23.4 Å². The predicted molar refractivity (Wildman–Crippen MR) is 79.3 cm³/mol. The Kier molecular flexibility index (Phi) is 6.36. The lowest BCUT2D eigenvalue weighted by atomic mass is 10.2. The third-order valence-corrected chi connectivity index (χ3v) is 2.74. The number of amides is 2. The van der Waals surface area contributed by atoms with E-state index >= 15 is 0 Å². The SMILES string of the molecule is CN(C)c1ccc(NC(=O)NCCCCC(=O)O)cc1. The number of carboxylic acid groups (broad SMARTS) is 1. The topological polar surface area (TPSA) is 81.7 Å². The first-order chi connectivity index (χ1) is 9.49. The molecule has 0 spiro atoms. The van der Waals surface area contributed by atoms with E-state index in [4.69, 9.17) is 5.11 Å². The lowest BCUT2D eigenvalue weighted by molar-refractivity contribution is -0.137. The first kappa shape index (κ1) is 15.8. The zero-order valence-corrected chi connectivity index (χ0v) is 11.8. The molecule has 0 aliphatic carbocycles. The van der Waals surface area contributed by atoms with E-state index in [1.165, 1.54) is 0 Å². The van der Waals surface area contributed by atoms with Crippen LogP contribution in [0.15, 0.2) is 24.3 Å². The van der Waals surface area contributed by atoms with Gasteiger partial charge in [0.25, 0.3) is 0 Å². The van der Waals surface area contributed by atoms with E-state index in [2.05, 4.69) is 10.6 Å². The highest BCUT2D eigenvalue weighted by Gasteiger charge is 2.02. The molecule has 110 valence electrons. The minimum atomic E-state index is -0.810. The van der Waals surface area contributed by atoms with Crippen molar-refractivity contribution in [3.63, 3.8) is 0 Å². The van der Waals surface area contributed by atoms with Crippen LogP contribution in [0.5, 0.6) is 0 Å². The maximum atomic E-state index is 11.6. The van der Waals surface area contributed by atoms with Crippen LogP contribution < -0.4 is 15.5 Å². The second kappa shape index (κ2) is 8.04. The van der Waals surface area contributed by atoms with Crippen molar-refractivity contribution in [1.82, 2.24) is 5.32 Å². The lowest BCUT2D eigenvalue weighted by Crippen LogP contribution is -2.29. The molecular weight excluding hydrogens is 258 g/mol. The third-order valence-electron chi connectivity index (χ3n) is 2.74. The third kappa shape index (κ3) is 6.08. The summed E-state index contributed by atoms with van der Waals surface area (Å²) in [5.41, 5.74) is 1.78. The highest BCUT2D eigenvalue weighted by molar-refractivity contribution is 5.89. The van der Waals surface area contributed by atoms with E-state index in [1.807, 2.05) is 43.3 Å². The number of hydrogen-bond donors (Lipinski definition) is 3. The number of nitrogens with zero attached hydrogens (tertiary/aromatic N) is 1. The Morgan fingerprint density at radius 3 is 2.35 bits per heavy atom. The smallest absolute Gasteiger partial charge is 0.319 e. The second-order valence-corrected chi connectivity index (χ2v) is 4.67. The molecule has 0 unspecified atom stereocenters. The Balaban J connectivity index is 2.26. The average molecular weight is 279 g/mol. The molecule has 1 aromatic rings. The zero-order valence-electron chi connectivity index (χ0n) is 11.8. The number of hydrogen-bond acceptors (Lipinski definition) is 3. The Morgan fingerprint density at radius 1 is 1.15 bits per heavy atom. The summed E-state index contributed by atoms with van der Waals surface area (Å²) in [4.78, 5) is 23.9. The summed E-state index contributed by atoms with van der Waals surface area (Å²) in [6.07, 6.45) is 1.35. The van der Waals surface area contributed by atoms with E-state index in [-0.39, 0.29) is 12.5 Å². The van der Waals surface area contributed by atoms with Gasteiger partial charge in [0, 0.05) is 38.4 Å². The van der Waals surface area contributed by atoms with Crippen LogP contribution >= 0.6 is 0 Å². The van der Waals surface area contributed by atoms with Gasteiger partial charge >= 0.3 is 12.0 Å². The zero-order chi connectivity index (χ0) is 15.0. The van der Waals surface area contributed by atoms with Gasteiger partial charge in [-0.15, -0.1) is 0 Å². The van der Waals surface area contributed by atoms with Crippen LogP contribution in [0.2, 0.25) is 0 Å². The van der Waals surface area contributed by atoms with E-state index < -0.39 is 5.97 Å². The van der Waals surface area contributed by atoms with Gasteiger partial charge in [-0.05, 0) is 37.1 Å². The van der Waals surface area contributed by atoms with Crippen molar-refractivity contribution in [3.8, 4) is 0 Å². The normalized spacial score (nSPS) is 9.90. The van der Waals surface area contributed by atoms with Crippen molar-refractivity contribution in [3.05, 3.63) is 24.3 Å². The first-order valence-electron chi connectivity index (χ1n) is 6.53. The molecule has 0 radical (unpaired) electrons. The average Bonchev–Trinajstić information content (AvgIpc) is 2.38. The van der Waals surface area contributed by atoms with Crippen LogP contribution in [-0.2, 0) is 4.79 Å². The second-order valence-electron chi connectivity index (χ2n) is 4.67. The van der Waals surface area contributed by atoms with Crippen LogP contribution in [-0.4, -0.2) is 37.7 Å². The van der Waals surface area contributed by atoms with Crippen LogP contribution in [0, 0.1) is 0 Å². The Bertz CT molecular complexity index is 443. The summed E-state index contributed by atoms with van der Waals surface area (Å²) >= 11 is 0. The van der Waals surface area contributed by atoms with Gasteiger partial charge < -0.3 is 20.6 Å². The van der Waals surface area contributed by atoms with Crippen LogP contribution in [0.4, 0.5) is 16.2 Å². The molecule has 0 saturated carbocycles. The highest BCUT2D eigenvalue weighted by Crippen LogP contribution is 2.15. The number of carbonyl (C=O) groups is 2. The number of unbranched alkanes of at least 4 members (excludes halogenated alkanes) is 1. The molecule has 0 bridgehead atoms. The number of nitrogens with one attached hydrogen (secondary N) is 2. The molecule has 0 aliphatic rings. The molecule has 20 heavy (non-hydrogen) atoms. The minimum absolute atomic E-state index is 0.134. The molecule has 1 rings (SSSR count). The Hall–Kier alpha value is -2.24. The van der Waals surface area contributed by atoms with E-state index in [1.54, 1.807) is 0 Å². The summed E-state index contributed by atoms with van der Waals surface area (Å²) in [7, 11) is 3.90. The monoisotopic (exact) mass is 279 g/mol. The molecule has 3 N–H and O–H groups in total. The molecule has 0 heterocycles. The van der Waals surface area contributed by atoms with Gasteiger partial charge in [0.15, 0.2) is 0 Å². The summed E-state index contributed by atoms with van der Waals surface area (Å²) in [6, 6.07) is 7.22.